The third kappa shape index (κ3) is 4.04. The second-order valence-corrected chi connectivity index (χ2v) is 7.52. The fraction of sp³-hybridized carbons (Fsp3) is 0.650. The Balaban J connectivity index is 1.85. The maximum Gasteiger partial charge on any atom is 0.234 e. The van der Waals surface area contributed by atoms with Gasteiger partial charge < -0.3 is 10.4 Å². The fourth-order valence-electron chi connectivity index (χ4n) is 4.53. The number of nitrogens with zero attached hydrogens (tertiary/aromatic N) is 1. The summed E-state index contributed by atoms with van der Waals surface area (Å²) in [6.45, 7) is 3.73. The quantitative estimate of drug-likeness (QED) is 0.860. The molecule has 5 heteroatoms. The third-order valence-corrected chi connectivity index (χ3v) is 5.80. The molecule has 1 aliphatic carbocycles. The summed E-state index contributed by atoms with van der Waals surface area (Å²) in [5.41, 5.74) is 0.336. The van der Waals surface area contributed by atoms with E-state index in [1.807, 2.05) is 6.92 Å². The molecule has 0 unspecified atom stereocenters. The van der Waals surface area contributed by atoms with Gasteiger partial charge >= 0.3 is 0 Å². The van der Waals surface area contributed by atoms with Crippen LogP contribution in [0.3, 0.4) is 0 Å². The first-order valence-electron chi connectivity index (χ1n) is 9.52. The highest BCUT2D eigenvalue weighted by molar-refractivity contribution is 5.78. The number of amides is 1. The van der Waals surface area contributed by atoms with Gasteiger partial charge in [-0.25, -0.2) is 4.39 Å². The lowest BCUT2D eigenvalue weighted by Crippen LogP contribution is -2.56. The molecule has 2 fully saturated rings. The molecule has 25 heavy (non-hydrogen) atoms. The summed E-state index contributed by atoms with van der Waals surface area (Å²) in [7, 11) is 0. The van der Waals surface area contributed by atoms with Crippen molar-refractivity contribution in [3.8, 4) is 0 Å². The summed E-state index contributed by atoms with van der Waals surface area (Å²) >= 11 is 0. The fourth-order valence-corrected chi connectivity index (χ4v) is 4.53. The van der Waals surface area contributed by atoms with Gasteiger partial charge in [0.2, 0.25) is 5.91 Å². The number of likely N-dealkylation sites (tertiary alicyclic amines) is 1. The molecule has 1 saturated heterocycles. The van der Waals surface area contributed by atoms with E-state index in [2.05, 4.69) is 10.2 Å². The standard InChI is InChI=1S/C20H29FN2O2/c1-2-12-22-18(24)14-23-13-11-20(25)10-4-3-5-17(20)19(23)15-6-8-16(21)9-7-15/h6-9,17,19,25H,2-5,10-14H2,1H3,(H,22,24)/t17-,19-,20+/m0/s1. The van der Waals surface area contributed by atoms with Crippen LogP contribution < -0.4 is 5.32 Å². The molecule has 1 aromatic carbocycles. The SMILES string of the molecule is CCCNC(=O)CN1CC[C@]2(O)CCCC[C@H]2[C@@H]1c1ccc(F)cc1. The lowest BCUT2D eigenvalue weighted by atomic mass is 9.66. The van der Waals surface area contributed by atoms with Gasteiger partial charge in [-0.1, -0.05) is 31.9 Å². The van der Waals surface area contributed by atoms with E-state index >= 15 is 0 Å². The molecule has 3 rings (SSSR count). The Bertz CT molecular complexity index is 592. The zero-order chi connectivity index (χ0) is 17.9. The minimum Gasteiger partial charge on any atom is -0.389 e. The topological polar surface area (TPSA) is 52.6 Å². The van der Waals surface area contributed by atoms with Gasteiger partial charge in [0.25, 0.3) is 0 Å². The molecule has 0 radical (unpaired) electrons. The maximum absolute atomic E-state index is 13.4. The predicted octanol–water partition coefficient (Wildman–Crippen LogP) is 3.02. The summed E-state index contributed by atoms with van der Waals surface area (Å²) < 4.78 is 13.4. The van der Waals surface area contributed by atoms with E-state index < -0.39 is 5.60 Å². The van der Waals surface area contributed by atoms with Crippen LogP contribution >= 0.6 is 0 Å². The van der Waals surface area contributed by atoms with Gasteiger partial charge in [-0.2, -0.15) is 0 Å². The Labute approximate surface area is 149 Å². The van der Waals surface area contributed by atoms with Crippen molar-refractivity contribution in [3.63, 3.8) is 0 Å². The van der Waals surface area contributed by atoms with Crippen molar-refractivity contribution in [1.29, 1.82) is 0 Å². The van der Waals surface area contributed by atoms with Crippen molar-refractivity contribution >= 4 is 5.91 Å². The van der Waals surface area contributed by atoms with Crippen LogP contribution in [0.25, 0.3) is 0 Å². The number of carbonyl (C=O) groups excluding carboxylic acids is 1. The molecule has 138 valence electrons. The molecular formula is C20H29FN2O2. The predicted molar refractivity (Wildman–Crippen MR) is 95.5 cm³/mol. The number of piperidine rings is 1. The molecule has 1 saturated carbocycles. The van der Waals surface area contributed by atoms with E-state index in [4.69, 9.17) is 0 Å². The van der Waals surface area contributed by atoms with E-state index in [-0.39, 0.29) is 23.7 Å². The Kier molecular flexibility index (Phi) is 5.74. The Morgan fingerprint density at radius 2 is 2.08 bits per heavy atom. The molecule has 1 amide bonds. The second kappa shape index (κ2) is 7.83. The smallest absolute Gasteiger partial charge is 0.234 e. The first-order chi connectivity index (χ1) is 12.0. The molecule has 3 atom stereocenters. The lowest BCUT2D eigenvalue weighted by Gasteiger charge is -2.52. The molecule has 0 bridgehead atoms. The summed E-state index contributed by atoms with van der Waals surface area (Å²) in [5, 5.41) is 14.1. The van der Waals surface area contributed by atoms with Crippen molar-refractivity contribution in [2.24, 2.45) is 5.92 Å². The van der Waals surface area contributed by atoms with Crippen molar-refractivity contribution < 1.29 is 14.3 Å². The Hall–Kier alpha value is -1.46. The van der Waals surface area contributed by atoms with E-state index in [1.165, 1.54) is 12.1 Å². The minimum atomic E-state index is -0.659. The van der Waals surface area contributed by atoms with Gasteiger partial charge in [-0.05, 0) is 43.4 Å². The van der Waals surface area contributed by atoms with Crippen molar-refractivity contribution in [2.75, 3.05) is 19.6 Å². The van der Waals surface area contributed by atoms with Crippen LogP contribution in [0.2, 0.25) is 0 Å². The van der Waals surface area contributed by atoms with Crippen LogP contribution in [-0.4, -0.2) is 41.1 Å². The second-order valence-electron chi connectivity index (χ2n) is 7.52. The summed E-state index contributed by atoms with van der Waals surface area (Å²) in [5.74, 6) is -0.139. The first-order valence-corrected chi connectivity index (χ1v) is 9.52. The van der Waals surface area contributed by atoms with Crippen LogP contribution in [0, 0.1) is 11.7 Å². The van der Waals surface area contributed by atoms with Crippen molar-refractivity contribution in [1.82, 2.24) is 10.2 Å². The largest absolute Gasteiger partial charge is 0.389 e. The van der Waals surface area contributed by atoms with Crippen molar-refractivity contribution in [3.05, 3.63) is 35.6 Å². The van der Waals surface area contributed by atoms with E-state index in [0.29, 0.717) is 26.1 Å². The van der Waals surface area contributed by atoms with Crippen LogP contribution in [0.4, 0.5) is 4.39 Å². The summed E-state index contributed by atoms with van der Waals surface area (Å²) in [6.07, 6.45) is 5.55. The minimum absolute atomic E-state index is 0.0233. The number of aliphatic hydroxyl groups is 1. The van der Waals surface area contributed by atoms with Gasteiger partial charge in [0.15, 0.2) is 0 Å². The molecule has 0 aromatic heterocycles. The Morgan fingerprint density at radius 3 is 2.80 bits per heavy atom. The summed E-state index contributed by atoms with van der Waals surface area (Å²) in [6, 6.07) is 6.52. The van der Waals surface area contributed by atoms with E-state index in [9.17, 15) is 14.3 Å². The monoisotopic (exact) mass is 348 g/mol. The highest BCUT2D eigenvalue weighted by Crippen LogP contribution is 2.49. The first kappa shape index (κ1) is 18.3. The van der Waals surface area contributed by atoms with Crippen LogP contribution in [-0.2, 0) is 4.79 Å². The normalized spacial score (nSPS) is 29.9. The van der Waals surface area contributed by atoms with Gasteiger partial charge in [0, 0.05) is 25.0 Å². The number of carbonyl (C=O) groups is 1. The molecule has 4 nitrogen and oxygen atoms in total. The number of fused-ring (bicyclic) bond motifs is 1. The number of hydrogen-bond acceptors (Lipinski definition) is 3. The highest BCUT2D eigenvalue weighted by Gasteiger charge is 2.49. The molecule has 0 spiro atoms. The van der Waals surface area contributed by atoms with E-state index in [1.54, 1.807) is 12.1 Å². The molecule has 2 N–H and O–H groups in total. The Morgan fingerprint density at radius 1 is 1.32 bits per heavy atom. The van der Waals surface area contributed by atoms with Crippen LogP contribution in [0.15, 0.2) is 24.3 Å². The van der Waals surface area contributed by atoms with Crippen LogP contribution in [0.1, 0.15) is 57.1 Å². The van der Waals surface area contributed by atoms with E-state index in [0.717, 1.165) is 37.7 Å². The maximum atomic E-state index is 13.4. The highest BCUT2D eigenvalue weighted by atomic mass is 19.1. The summed E-state index contributed by atoms with van der Waals surface area (Å²) in [4.78, 5) is 14.4. The molecule has 1 heterocycles. The van der Waals surface area contributed by atoms with Gasteiger partial charge in [-0.15, -0.1) is 0 Å². The molecular weight excluding hydrogens is 319 g/mol. The number of nitrogens with one attached hydrogen (secondary N) is 1. The number of rotatable bonds is 5. The van der Waals surface area contributed by atoms with Gasteiger partial charge in [0.1, 0.15) is 5.82 Å². The lowest BCUT2D eigenvalue weighted by molar-refractivity contribution is -0.137. The molecule has 2 aliphatic rings. The average molecular weight is 348 g/mol. The average Bonchev–Trinajstić information content (AvgIpc) is 2.61. The van der Waals surface area contributed by atoms with Crippen molar-refractivity contribution in [2.45, 2.75) is 57.1 Å². The van der Waals surface area contributed by atoms with Gasteiger partial charge in [0.05, 0.1) is 12.1 Å². The van der Waals surface area contributed by atoms with Gasteiger partial charge in [-0.3, -0.25) is 9.69 Å². The number of benzene rings is 1. The number of halogens is 1. The zero-order valence-corrected chi connectivity index (χ0v) is 15.0. The molecule has 1 aromatic rings. The number of hydrogen-bond donors (Lipinski definition) is 2. The van der Waals surface area contributed by atoms with Crippen LogP contribution in [0.5, 0.6) is 0 Å². The molecule has 1 aliphatic heterocycles. The third-order valence-electron chi connectivity index (χ3n) is 5.80. The zero-order valence-electron chi connectivity index (χ0n) is 15.0.